The molecule has 1 fully saturated rings. The first-order valence-electron chi connectivity index (χ1n) is 7.96. The van der Waals surface area contributed by atoms with E-state index < -0.39 is 46.5 Å². The van der Waals surface area contributed by atoms with Gasteiger partial charge in [0.25, 0.3) is 6.47 Å². The quantitative estimate of drug-likeness (QED) is 0.209. The Labute approximate surface area is 165 Å². The molecule has 0 aromatic carbocycles. The Bertz CT molecular complexity index is 586. The highest BCUT2D eigenvalue weighted by molar-refractivity contribution is 8.00. The van der Waals surface area contributed by atoms with Crippen LogP contribution in [0.1, 0.15) is 20.8 Å². The highest BCUT2D eigenvalue weighted by atomic mass is 32.2. The summed E-state index contributed by atoms with van der Waals surface area (Å²) in [6.45, 7) is 4.78. The lowest BCUT2D eigenvalue weighted by Gasteiger charge is -2.35. The van der Waals surface area contributed by atoms with Crippen molar-refractivity contribution in [1.29, 1.82) is 0 Å². The second-order valence-corrected chi connectivity index (χ2v) is 7.80. The largest absolute Gasteiger partial charge is 0.492 e. The van der Waals surface area contributed by atoms with Crippen molar-refractivity contribution in [2.24, 2.45) is 0 Å². The molecule has 1 aliphatic rings. The van der Waals surface area contributed by atoms with Crippen LogP contribution in [-0.2, 0) is 19.1 Å². The molecule has 0 spiro atoms. The molecular weight excluding hydrogens is 400 g/mol. The standard InChI is InChI=1S/C9H14N4O7S.C5H10O2/c1-10-6(8(15)16)2-21-3-7(14)11-4-9(5-11,12(17)18)13(19)20;1-5(2,3)7-4-6/h6,10H,2-5H2,1H3,(H,15,16);4H,1-3H3. The summed E-state index contributed by atoms with van der Waals surface area (Å²) >= 11 is 1.04. The van der Waals surface area contributed by atoms with Crippen molar-refractivity contribution in [1.82, 2.24) is 10.2 Å². The van der Waals surface area contributed by atoms with Gasteiger partial charge in [0.2, 0.25) is 5.91 Å². The van der Waals surface area contributed by atoms with Gasteiger partial charge in [-0.05, 0) is 27.8 Å². The molecular formula is C14H24N4O9S. The van der Waals surface area contributed by atoms with Crippen LogP contribution in [0.5, 0.6) is 0 Å². The van der Waals surface area contributed by atoms with Gasteiger partial charge in [-0.3, -0.25) is 34.6 Å². The van der Waals surface area contributed by atoms with Gasteiger partial charge in [0.1, 0.15) is 21.5 Å². The van der Waals surface area contributed by atoms with Crippen LogP contribution >= 0.6 is 11.8 Å². The summed E-state index contributed by atoms with van der Waals surface area (Å²) < 4.78 is 4.55. The first kappa shape index (κ1) is 25.5. The van der Waals surface area contributed by atoms with E-state index in [-0.39, 0.29) is 17.1 Å². The van der Waals surface area contributed by atoms with Gasteiger partial charge < -0.3 is 20.1 Å². The van der Waals surface area contributed by atoms with Crippen LogP contribution in [0.2, 0.25) is 0 Å². The van der Waals surface area contributed by atoms with Crippen molar-refractivity contribution < 1.29 is 34.1 Å². The Balaban J connectivity index is 0.000000887. The van der Waals surface area contributed by atoms with E-state index in [0.717, 1.165) is 16.7 Å². The number of carboxylic acid groups (broad SMARTS) is 1. The summed E-state index contributed by atoms with van der Waals surface area (Å²) in [5.74, 6) is -1.49. The predicted molar refractivity (Wildman–Crippen MR) is 98.0 cm³/mol. The molecule has 13 nitrogen and oxygen atoms in total. The molecule has 2 N–H and O–H groups in total. The summed E-state index contributed by atoms with van der Waals surface area (Å²) in [6.07, 6.45) is 0. The first-order chi connectivity index (χ1) is 12.8. The Morgan fingerprint density at radius 1 is 1.32 bits per heavy atom. The van der Waals surface area contributed by atoms with Gasteiger partial charge in [-0.1, -0.05) is 0 Å². The highest BCUT2D eigenvalue weighted by Gasteiger charge is 2.67. The van der Waals surface area contributed by atoms with Crippen LogP contribution in [0.3, 0.4) is 0 Å². The Kier molecular flexibility index (Phi) is 9.80. The van der Waals surface area contributed by atoms with E-state index in [1.807, 2.05) is 20.8 Å². The van der Waals surface area contributed by atoms with Gasteiger partial charge in [0, 0.05) is 5.75 Å². The number of nitro groups is 2. The Morgan fingerprint density at radius 2 is 1.82 bits per heavy atom. The summed E-state index contributed by atoms with van der Waals surface area (Å²) in [5, 5.41) is 32.7. The molecule has 1 heterocycles. The van der Waals surface area contributed by atoms with Crippen molar-refractivity contribution >= 4 is 30.1 Å². The number of carboxylic acids is 1. The van der Waals surface area contributed by atoms with Crippen molar-refractivity contribution in [3.05, 3.63) is 20.2 Å². The second kappa shape index (κ2) is 10.8. The van der Waals surface area contributed by atoms with E-state index in [9.17, 15) is 34.6 Å². The zero-order valence-electron chi connectivity index (χ0n) is 15.9. The fraction of sp³-hybridized carbons (Fsp3) is 0.786. The maximum atomic E-state index is 11.7. The topological polar surface area (TPSA) is 182 Å². The zero-order valence-corrected chi connectivity index (χ0v) is 16.8. The number of ether oxygens (including phenoxy) is 1. The molecule has 1 atom stereocenters. The fourth-order valence-electron chi connectivity index (χ4n) is 1.82. The number of carbonyl (C=O) groups excluding carboxylic acids is 2. The lowest BCUT2D eigenvalue weighted by Crippen LogP contribution is -2.71. The third-order valence-corrected chi connectivity index (χ3v) is 4.50. The van der Waals surface area contributed by atoms with Crippen LogP contribution in [0, 0.1) is 20.2 Å². The van der Waals surface area contributed by atoms with Gasteiger partial charge in [-0.2, -0.15) is 0 Å². The number of carbonyl (C=O) groups is 3. The number of amides is 1. The van der Waals surface area contributed by atoms with E-state index in [2.05, 4.69) is 10.1 Å². The lowest BCUT2D eigenvalue weighted by atomic mass is 10.0. The van der Waals surface area contributed by atoms with Gasteiger partial charge in [0.15, 0.2) is 13.1 Å². The summed E-state index contributed by atoms with van der Waals surface area (Å²) in [7, 11) is 1.47. The number of thioether (sulfide) groups is 1. The maximum absolute atomic E-state index is 11.7. The smallest absolute Gasteiger partial charge is 0.480 e. The molecule has 14 heteroatoms. The average Bonchev–Trinajstić information content (AvgIpc) is 2.48. The van der Waals surface area contributed by atoms with Crippen molar-refractivity contribution in [2.75, 3.05) is 31.6 Å². The van der Waals surface area contributed by atoms with Gasteiger partial charge in [0.05, 0.1) is 5.75 Å². The number of hydrogen-bond acceptors (Lipinski definition) is 10. The molecule has 1 saturated heterocycles. The molecule has 1 aliphatic heterocycles. The van der Waals surface area contributed by atoms with Gasteiger partial charge in [-0.25, -0.2) is 0 Å². The average molecular weight is 424 g/mol. The summed E-state index contributed by atoms with van der Waals surface area (Å²) in [5.41, 5.74) is -2.63. The van der Waals surface area contributed by atoms with E-state index in [1.54, 1.807) is 0 Å². The fourth-order valence-corrected chi connectivity index (χ4v) is 2.84. The molecule has 0 radical (unpaired) electrons. The summed E-state index contributed by atoms with van der Waals surface area (Å²) in [4.78, 5) is 52.4. The molecule has 0 saturated carbocycles. The minimum absolute atomic E-state index is 0.0863. The number of rotatable bonds is 9. The van der Waals surface area contributed by atoms with Crippen LogP contribution in [0.4, 0.5) is 0 Å². The van der Waals surface area contributed by atoms with E-state index in [1.165, 1.54) is 7.05 Å². The van der Waals surface area contributed by atoms with E-state index in [0.29, 0.717) is 6.47 Å². The monoisotopic (exact) mass is 424 g/mol. The van der Waals surface area contributed by atoms with Crippen LogP contribution < -0.4 is 5.32 Å². The summed E-state index contributed by atoms with van der Waals surface area (Å²) in [6, 6.07) is -0.809. The minimum atomic E-state index is -2.31. The normalized spacial score (nSPS) is 15.9. The number of nitrogens with zero attached hydrogens (tertiary/aromatic N) is 3. The molecule has 0 aromatic heterocycles. The Hall–Kier alpha value is -2.48. The van der Waals surface area contributed by atoms with Gasteiger partial charge in [-0.15, -0.1) is 11.8 Å². The minimum Gasteiger partial charge on any atom is -0.480 e. The molecule has 28 heavy (non-hydrogen) atoms. The molecule has 1 rings (SSSR count). The zero-order chi connectivity index (χ0) is 22.1. The molecule has 0 aliphatic carbocycles. The SMILES string of the molecule is CC(C)(C)OC=O.CNC(CSCC(=O)N1CC([N+](=O)[O-])([N+](=O)[O-])C1)C(=O)O. The van der Waals surface area contributed by atoms with Crippen LogP contribution in [0.15, 0.2) is 0 Å². The predicted octanol–water partition coefficient (Wildman–Crippen LogP) is -0.558. The molecule has 1 amide bonds. The number of nitrogens with one attached hydrogen (secondary N) is 1. The van der Waals surface area contributed by atoms with Crippen molar-refractivity contribution in [3.63, 3.8) is 0 Å². The number of aliphatic carboxylic acids is 1. The second-order valence-electron chi connectivity index (χ2n) is 6.77. The number of likely N-dealkylation sites (tertiary alicyclic amines) is 1. The van der Waals surface area contributed by atoms with Crippen molar-refractivity contribution in [2.45, 2.75) is 38.1 Å². The van der Waals surface area contributed by atoms with E-state index >= 15 is 0 Å². The molecule has 0 bridgehead atoms. The van der Waals surface area contributed by atoms with Crippen LogP contribution in [0.25, 0.3) is 0 Å². The highest BCUT2D eigenvalue weighted by Crippen LogP contribution is 2.25. The van der Waals surface area contributed by atoms with Gasteiger partial charge >= 0.3 is 11.6 Å². The molecule has 1 unspecified atom stereocenters. The third kappa shape index (κ3) is 7.64. The Morgan fingerprint density at radius 3 is 2.11 bits per heavy atom. The van der Waals surface area contributed by atoms with Crippen LogP contribution in [-0.4, -0.2) is 87.2 Å². The van der Waals surface area contributed by atoms with E-state index in [4.69, 9.17) is 5.11 Å². The molecule has 0 aromatic rings. The maximum Gasteiger partial charge on any atom is 0.492 e. The third-order valence-electron chi connectivity index (χ3n) is 3.48. The number of hydrogen-bond donors (Lipinski definition) is 2. The first-order valence-corrected chi connectivity index (χ1v) is 9.12. The number of likely N-dealkylation sites (N-methyl/N-ethyl adjacent to an activating group) is 1. The van der Waals surface area contributed by atoms with Crippen molar-refractivity contribution in [3.8, 4) is 0 Å². The molecule has 160 valence electrons. The lowest BCUT2D eigenvalue weighted by molar-refractivity contribution is -0.809.